The minimum atomic E-state index is -1.17. The molecular formula is C10H13FOS. The largest absolute Gasteiger partial charge is 0.508 e. The Kier molecular flexibility index (Phi) is 3.20. The molecule has 0 atom stereocenters. The third-order valence-electron chi connectivity index (χ3n) is 1.40. The van der Waals surface area contributed by atoms with E-state index in [1.165, 1.54) is 11.8 Å². The van der Waals surface area contributed by atoms with Gasteiger partial charge in [0, 0.05) is 10.6 Å². The van der Waals surface area contributed by atoms with Crippen molar-refractivity contribution in [2.45, 2.75) is 24.4 Å². The molecule has 0 aliphatic rings. The quantitative estimate of drug-likeness (QED) is 0.756. The molecular weight excluding hydrogens is 187 g/mol. The van der Waals surface area contributed by atoms with Crippen LogP contribution in [0.5, 0.6) is 5.75 Å². The molecule has 0 aliphatic heterocycles. The highest BCUT2D eigenvalue weighted by atomic mass is 32.2. The van der Waals surface area contributed by atoms with Crippen LogP contribution >= 0.6 is 11.8 Å². The van der Waals surface area contributed by atoms with E-state index in [1.807, 2.05) is 6.07 Å². The van der Waals surface area contributed by atoms with Gasteiger partial charge in [-0.15, -0.1) is 11.8 Å². The van der Waals surface area contributed by atoms with E-state index in [9.17, 15) is 4.39 Å². The number of alkyl halides is 1. The van der Waals surface area contributed by atoms with Crippen molar-refractivity contribution in [1.82, 2.24) is 0 Å². The lowest BCUT2D eigenvalue weighted by Gasteiger charge is -2.12. The van der Waals surface area contributed by atoms with Gasteiger partial charge in [0.25, 0.3) is 0 Å². The molecule has 0 saturated carbocycles. The summed E-state index contributed by atoms with van der Waals surface area (Å²) in [5, 5.41) is 9.14. The summed E-state index contributed by atoms with van der Waals surface area (Å²) in [5.74, 6) is 0.623. The molecule has 0 spiro atoms. The van der Waals surface area contributed by atoms with Gasteiger partial charge in [-0.2, -0.15) is 0 Å². The van der Waals surface area contributed by atoms with E-state index in [0.29, 0.717) is 5.75 Å². The zero-order valence-electron chi connectivity index (χ0n) is 7.75. The van der Waals surface area contributed by atoms with Crippen molar-refractivity contribution in [3.05, 3.63) is 24.3 Å². The molecule has 0 radical (unpaired) electrons. The molecule has 13 heavy (non-hydrogen) atoms. The number of aromatic hydroxyl groups is 1. The van der Waals surface area contributed by atoms with Crippen molar-refractivity contribution < 1.29 is 9.50 Å². The number of halogens is 1. The Morgan fingerprint density at radius 1 is 1.46 bits per heavy atom. The van der Waals surface area contributed by atoms with Gasteiger partial charge in [0.15, 0.2) is 0 Å². The molecule has 72 valence electrons. The number of benzene rings is 1. The highest BCUT2D eigenvalue weighted by molar-refractivity contribution is 7.99. The molecule has 0 bridgehead atoms. The van der Waals surface area contributed by atoms with E-state index in [4.69, 9.17) is 5.11 Å². The predicted octanol–water partition coefficient (Wildman–Crippen LogP) is 3.23. The second kappa shape index (κ2) is 4.01. The van der Waals surface area contributed by atoms with Crippen LogP contribution in [0, 0.1) is 0 Å². The maximum absolute atomic E-state index is 13.1. The van der Waals surface area contributed by atoms with Crippen molar-refractivity contribution in [3.63, 3.8) is 0 Å². The Morgan fingerprint density at radius 3 is 2.69 bits per heavy atom. The molecule has 0 unspecified atom stereocenters. The molecule has 1 rings (SSSR count). The zero-order valence-corrected chi connectivity index (χ0v) is 8.57. The van der Waals surface area contributed by atoms with Crippen molar-refractivity contribution in [1.29, 1.82) is 0 Å². The summed E-state index contributed by atoms with van der Waals surface area (Å²) in [4.78, 5) is 0.894. The Hall–Kier alpha value is -0.700. The normalized spacial score (nSPS) is 11.6. The maximum atomic E-state index is 13.1. The van der Waals surface area contributed by atoms with Crippen LogP contribution in [-0.2, 0) is 0 Å². The van der Waals surface area contributed by atoms with Crippen LogP contribution < -0.4 is 0 Å². The van der Waals surface area contributed by atoms with Gasteiger partial charge in [-0.05, 0) is 32.0 Å². The van der Waals surface area contributed by atoms with E-state index in [-0.39, 0.29) is 5.75 Å². The number of hydrogen-bond donors (Lipinski definition) is 1. The van der Waals surface area contributed by atoms with Crippen LogP contribution in [0.15, 0.2) is 29.2 Å². The number of hydrogen-bond acceptors (Lipinski definition) is 2. The van der Waals surface area contributed by atoms with Crippen molar-refractivity contribution in [2.24, 2.45) is 0 Å². The van der Waals surface area contributed by atoms with Crippen LogP contribution in [0.4, 0.5) is 4.39 Å². The van der Waals surface area contributed by atoms with Gasteiger partial charge >= 0.3 is 0 Å². The van der Waals surface area contributed by atoms with E-state index in [2.05, 4.69) is 0 Å². The van der Waals surface area contributed by atoms with Crippen LogP contribution in [0.1, 0.15) is 13.8 Å². The highest BCUT2D eigenvalue weighted by Gasteiger charge is 2.15. The molecule has 1 aromatic carbocycles. The van der Waals surface area contributed by atoms with Crippen molar-refractivity contribution in [3.8, 4) is 5.75 Å². The van der Waals surface area contributed by atoms with Gasteiger partial charge in [0.2, 0.25) is 0 Å². The van der Waals surface area contributed by atoms with Gasteiger partial charge in [-0.25, -0.2) is 4.39 Å². The molecule has 3 heteroatoms. The first-order chi connectivity index (χ1) is 5.97. The first kappa shape index (κ1) is 10.4. The molecule has 0 amide bonds. The van der Waals surface area contributed by atoms with Crippen LogP contribution in [0.25, 0.3) is 0 Å². The first-order valence-corrected chi connectivity index (χ1v) is 5.07. The van der Waals surface area contributed by atoms with Gasteiger partial charge in [-0.1, -0.05) is 6.07 Å². The second-order valence-corrected chi connectivity index (χ2v) is 4.55. The molecule has 0 saturated heterocycles. The standard InChI is InChI=1S/C10H13FOS/c1-10(2,11)7-13-9-5-3-4-8(12)6-9/h3-6,12H,7H2,1-2H3. The first-order valence-electron chi connectivity index (χ1n) is 4.08. The molecule has 1 nitrogen and oxygen atoms in total. The molecule has 0 aromatic heterocycles. The Bertz CT molecular complexity index is 280. The van der Waals surface area contributed by atoms with E-state index >= 15 is 0 Å². The van der Waals surface area contributed by atoms with Crippen LogP contribution in [0.3, 0.4) is 0 Å². The van der Waals surface area contributed by atoms with Crippen LogP contribution in [0.2, 0.25) is 0 Å². The summed E-state index contributed by atoms with van der Waals surface area (Å²) >= 11 is 1.41. The Morgan fingerprint density at radius 2 is 2.15 bits per heavy atom. The molecule has 0 heterocycles. The summed E-state index contributed by atoms with van der Waals surface area (Å²) in [5.41, 5.74) is -1.17. The average Bonchev–Trinajstić information content (AvgIpc) is 2.00. The second-order valence-electron chi connectivity index (χ2n) is 3.50. The number of phenolic OH excluding ortho intramolecular Hbond substituents is 1. The summed E-state index contributed by atoms with van der Waals surface area (Å²) in [6.07, 6.45) is 0. The Labute approximate surface area is 82.0 Å². The number of phenols is 1. The van der Waals surface area contributed by atoms with Gasteiger partial charge in [0.05, 0.1) is 0 Å². The molecule has 1 aromatic rings. The zero-order chi connectivity index (χ0) is 9.90. The predicted molar refractivity (Wildman–Crippen MR) is 54.0 cm³/mol. The smallest absolute Gasteiger partial charge is 0.116 e. The minimum Gasteiger partial charge on any atom is -0.508 e. The topological polar surface area (TPSA) is 20.2 Å². The van der Waals surface area contributed by atoms with E-state index in [1.54, 1.807) is 32.0 Å². The lowest BCUT2D eigenvalue weighted by Crippen LogP contribution is -2.14. The van der Waals surface area contributed by atoms with Crippen molar-refractivity contribution >= 4 is 11.8 Å². The molecule has 0 fully saturated rings. The van der Waals surface area contributed by atoms with Crippen molar-refractivity contribution in [2.75, 3.05) is 5.75 Å². The van der Waals surface area contributed by atoms with Crippen LogP contribution in [-0.4, -0.2) is 16.5 Å². The summed E-state index contributed by atoms with van der Waals surface area (Å²) in [6.45, 7) is 3.09. The van der Waals surface area contributed by atoms with Gasteiger partial charge in [-0.3, -0.25) is 0 Å². The summed E-state index contributed by atoms with van der Waals surface area (Å²) < 4.78 is 13.1. The highest BCUT2D eigenvalue weighted by Crippen LogP contribution is 2.26. The van der Waals surface area contributed by atoms with E-state index < -0.39 is 5.67 Å². The molecule has 0 aliphatic carbocycles. The fourth-order valence-corrected chi connectivity index (χ4v) is 1.72. The van der Waals surface area contributed by atoms with Gasteiger partial charge < -0.3 is 5.11 Å². The lowest BCUT2D eigenvalue weighted by atomic mass is 10.2. The molecule has 1 N–H and O–H groups in total. The Balaban J connectivity index is 2.55. The summed E-state index contributed by atoms with van der Waals surface area (Å²) in [6, 6.07) is 6.85. The monoisotopic (exact) mass is 200 g/mol. The van der Waals surface area contributed by atoms with Gasteiger partial charge in [0.1, 0.15) is 11.4 Å². The minimum absolute atomic E-state index is 0.224. The number of rotatable bonds is 3. The lowest BCUT2D eigenvalue weighted by molar-refractivity contribution is 0.253. The number of thioether (sulfide) groups is 1. The van der Waals surface area contributed by atoms with E-state index in [0.717, 1.165) is 4.90 Å². The third kappa shape index (κ3) is 4.18. The fourth-order valence-electron chi connectivity index (χ4n) is 0.828. The fraction of sp³-hybridized carbons (Fsp3) is 0.400. The average molecular weight is 200 g/mol. The SMILES string of the molecule is CC(C)(F)CSc1cccc(O)c1. The maximum Gasteiger partial charge on any atom is 0.116 e. The summed E-state index contributed by atoms with van der Waals surface area (Å²) in [7, 11) is 0. The third-order valence-corrected chi connectivity index (χ3v) is 2.82.